The molecule has 3 aliphatic rings. The van der Waals surface area contributed by atoms with Gasteiger partial charge < -0.3 is 14.2 Å². The van der Waals surface area contributed by atoms with E-state index in [-0.39, 0.29) is 11.9 Å². The van der Waals surface area contributed by atoms with E-state index >= 15 is 0 Å². The van der Waals surface area contributed by atoms with Crippen molar-refractivity contribution in [1.82, 2.24) is 14.5 Å². The highest BCUT2D eigenvalue weighted by Gasteiger charge is 2.53. The summed E-state index contributed by atoms with van der Waals surface area (Å²) < 4.78 is 7.48. The van der Waals surface area contributed by atoms with Crippen LogP contribution in [0.5, 0.6) is 0 Å². The number of carbonyl (C=O) groups is 1. The predicted octanol–water partition coefficient (Wildman–Crippen LogP) is 11.3. The number of imidazole rings is 1. The summed E-state index contributed by atoms with van der Waals surface area (Å²) in [6.45, 7) is 21.1. The zero-order valence-electron chi connectivity index (χ0n) is 32.8. The summed E-state index contributed by atoms with van der Waals surface area (Å²) in [6.07, 6.45) is 20.8. The van der Waals surface area contributed by atoms with Crippen molar-refractivity contribution in [1.29, 1.82) is 0 Å². The molecule has 1 amide bonds. The number of hydrogen-bond donors (Lipinski definition) is 0. The van der Waals surface area contributed by atoms with Crippen LogP contribution in [0.1, 0.15) is 137 Å². The van der Waals surface area contributed by atoms with Crippen LogP contribution >= 0.6 is 0 Å². The zero-order chi connectivity index (χ0) is 36.8. The normalized spacial score (nSPS) is 20.8. The minimum atomic E-state index is -0.510. The molecule has 0 N–H and O–H groups in total. The maximum Gasteiger partial charge on any atom is 0.237 e. The summed E-state index contributed by atoms with van der Waals surface area (Å²) in [4.78, 5) is 26.8. The molecule has 6 heteroatoms. The molecule has 2 aromatic heterocycles. The summed E-state index contributed by atoms with van der Waals surface area (Å²) in [7, 11) is 0. The van der Waals surface area contributed by atoms with Crippen LogP contribution in [0.2, 0.25) is 0 Å². The second-order valence-electron chi connectivity index (χ2n) is 13.8. The quantitative estimate of drug-likeness (QED) is 0.0903. The van der Waals surface area contributed by atoms with E-state index in [4.69, 9.17) is 14.7 Å². The standard InChI is InChI=1S/C41H52N4O2.2C2H6/c1-5-9-11-12-13-14-17-30-23-33(24-30)45-38-25-32(36-26-37-39(35(7-3)43-36)44(8-4)29-42-37)19-20-34(38)41(40(45)46,21-10-6-2)22-16-15-18-31-27-47-28-31;2*1-2/h7,15,18-20,25-26,29-31,33H,3,5-6,8-13,16,21-24,27-28H2,1-2,4H3;2*1-2H3/b18-15+;;. The molecule has 3 aromatic rings. The van der Waals surface area contributed by atoms with E-state index in [1.165, 1.54) is 31.2 Å². The molecule has 51 heavy (non-hydrogen) atoms. The molecule has 2 fully saturated rings. The van der Waals surface area contributed by atoms with Crippen LogP contribution in [0.25, 0.3) is 28.4 Å². The van der Waals surface area contributed by atoms with Gasteiger partial charge in [-0.05, 0) is 69.2 Å². The SMILES string of the molecule is C=Cc1nc(-c2ccc3c(c2)N(C2CC(C#CCCCCCC)C2)C(=O)C3(CC/C=C/C2COC2)CCCC)cc2ncn(CC)c12.CC.CC. The van der Waals surface area contributed by atoms with Crippen molar-refractivity contribution in [2.24, 2.45) is 11.8 Å². The number of rotatable bonds is 15. The fourth-order valence-corrected chi connectivity index (χ4v) is 7.61. The molecule has 0 radical (unpaired) electrons. The Morgan fingerprint density at radius 3 is 2.43 bits per heavy atom. The summed E-state index contributed by atoms with van der Waals surface area (Å²) in [5.74, 6) is 8.17. The number of pyridine rings is 1. The second kappa shape index (κ2) is 19.8. The number of anilines is 1. The largest absolute Gasteiger partial charge is 0.380 e. The van der Waals surface area contributed by atoms with Crippen LogP contribution in [-0.4, -0.2) is 39.7 Å². The molecule has 4 heterocycles. The average Bonchev–Trinajstić information content (AvgIpc) is 3.66. The van der Waals surface area contributed by atoms with E-state index in [0.717, 1.165) is 105 Å². The van der Waals surface area contributed by atoms with Crippen molar-refractivity contribution < 1.29 is 9.53 Å². The third-order valence-electron chi connectivity index (χ3n) is 10.6. The zero-order valence-corrected chi connectivity index (χ0v) is 32.8. The third-order valence-corrected chi connectivity index (χ3v) is 10.6. The molecule has 1 atom stereocenters. The molecule has 1 aromatic carbocycles. The van der Waals surface area contributed by atoms with Crippen LogP contribution in [0, 0.1) is 23.7 Å². The summed E-state index contributed by atoms with van der Waals surface area (Å²) in [6, 6.07) is 8.89. The number of allylic oxidation sites excluding steroid dienone is 1. The Hall–Kier alpha value is -3.69. The smallest absolute Gasteiger partial charge is 0.237 e. The third kappa shape index (κ3) is 8.86. The van der Waals surface area contributed by atoms with Gasteiger partial charge in [-0.25, -0.2) is 9.97 Å². The monoisotopic (exact) mass is 693 g/mol. The van der Waals surface area contributed by atoms with E-state index in [9.17, 15) is 4.79 Å². The van der Waals surface area contributed by atoms with Gasteiger partial charge in [-0.3, -0.25) is 4.79 Å². The number of benzene rings is 1. The van der Waals surface area contributed by atoms with Crippen molar-refractivity contribution in [2.75, 3.05) is 18.1 Å². The van der Waals surface area contributed by atoms with Gasteiger partial charge in [0.25, 0.3) is 0 Å². The molecule has 0 spiro atoms. The number of nitrogens with zero attached hydrogens (tertiary/aromatic N) is 4. The Balaban J connectivity index is 0.00000141. The van der Waals surface area contributed by atoms with Gasteiger partial charge in [0.2, 0.25) is 5.91 Å². The molecule has 1 saturated heterocycles. The van der Waals surface area contributed by atoms with Gasteiger partial charge in [-0.2, -0.15) is 0 Å². The van der Waals surface area contributed by atoms with E-state index in [1.807, 2.05) is 40.1 Å². The Labute approximate surface area is 309 Å². The first-order chi connectivity index (χ1) is 25.0. The van der Waals surface area contributed by atoms with Crippen molar-refractivity contribution in [3.8, 4) is 23.1 Å². The van der Waals surface area contributed by atoms with Gasteiger partial charge in [0.15, 0.2) is 0 Å². The van der Waals surface area contributed by atoms with Crippen LogP contribution in [-0.2, 0) is 21.5 Å². The van der Waals surface area contributed by atoms with Gasteiger partial charge in [0.05, 0.1) is 47.4 Å². The van der Waals surface area contributed by atoms with E-state index < -0.39 is 5.41 Å². The molecule has 0 bridgehead atoms. The van der Waals surface area contributed by atoms with Crippen molar-refractivity contribution in [2.45, 2.75) is 144 Å². The van der Waals surface area contributed by atoms with Crippen LogP contribution < -0.4 is 4.90 Å². The lowest BCUT2D eigenvalue weighted by Crippen LogP contribution is -2.50. The Bertz CT molecular complexity index is 1670. The van der Waals surface area contributed by atoms with Crippen LogP contribution in [0.3, 0.4) is 0 Å². The lowest BCUT2D eigenvalue weighted by Gasteiger charge is -2.40. The lowest BCUT2D eigenvalue weighted by molar-refractivity contribution is -0.124. The molecule has 6 rings (SSSR count). The Morgan fingerprint density at radius 1 is 1.00 bits per heavy atom. The van der Waals surface area contributed by atoms with Crippen molar-refractivity contribution in [3.63, 3.8) is 0 Å². The van der Waals surface area contributed by atoms with Gasteiger partial charge in [0, 0.05) is 42.1 Å². The van der Waals surface area contributed by atoms with Gasteiger partial charge in [0.1, 0.15) is 0 Å². The maximum absolute atomic E-state index is 14.9. The Morgan fingerprint density at radius 2 is 1.76 bits per heavy atom. The van der Waals surface area contributed by atoms with E-state index in [2.05, 4.69) is 85.1 Å². The molecule has 1 saturated carbocycles. The molecular weight excluding hydrogens is 629 g/mol. The number of amides is 1. The van der Waals surface area contributed by atoms with Crippen LogP contribution in [0.15, 0.2) is 49.3 Å². The topological polar surface area (TPSA) is 60.3 Å². The van der Waals surface area contributed by atoms with E-state index in [1.54, 1.807) is 0 Å². The first-order valence-corrected chi connectivity index (χ1v) is 20.2. The summed E-state index contributed by atoms with van der Waals surface area (Å²) in [5, 5.41) is 0. The fraction of sp³-hybridized carbons (Fsp3) is 0.578. The number of carbonyl (C=O) groups excluding carboxylic acids is 1. The number of aromatic nitrogens is 3. The summed E-state index contributed by atoms with van der Waals surface area (Å²) >= 11 is 0. The number of hydrogen-bond acceptors (Lipinski definition) is 4. The molecule has 1 unspecified atom stereocenters. The molecule has 2 aliphatic heterocycles. The molecule has 6 nitrogen and oxygen atoms in total. The highest BCUT2D eigenvalue weighted by atomic mass is 16.5. The van der Waals surface area contributed by atoms with Gasteiger partial charge in [-0.15, -0.1) is 5.92 Å². The molecular formula is C45H64N4O2. The van der Waals surface area contributed by atoms with Gasteiger partial charge >= 0.3 is 0 Å². The van der Waals surface area contributed by atoms with Crippen molar-refractivity contribution >= 4 is 28.7 Å². The summed E-state index contributed by atoms with van der Waals surface area (Å²) in [5.41, 5.74) is 6.37. The Kier molecular flexibility index (Phi) is 15.6. The lowest BCUT2D eigenvalue weighted by atomic mass is 9.73. The molecule has 276 valence electrons. The van der Waals surface area contributed by atoms with Gasteiger partial charge in [-0.1, -0.05) is 110 Å². The average molecular weight is 693 g/mol. The highest BCUT2D eigenvalue weighted by molar-refractivity contribution is 6.09. The van der Waals surface area contributed by atoms with E-state index in [0.29, 0.717) is 11.8 Å². The molecule has 1 aliphatic carbocycles. The van der Waals surface area contributed by atoms with Crippen molar-refractivity contribution in [3.05, 3.63) is 60.6 Å². The number of ether oxygens (including phenoxy) is 1. The fourth-order valence-electron chi connectivity index (χ4n) is 7.61. The minimum absolute atomic E-state index is 0.182. The van der Waals surface area contributed by atoms with Crippen LogP contribution in [0.4, 0.5) is 5.69 Å². The minimum Gasteiger partial charge on any atom is -0.380 e. The number of aryl methyl sites for hydroxylation is 1. The highest BCUT2D eigenvalue weighted by Crippen LogP contribution is 2.52. The predicted molar refractivity (Wildman–Crippen MR) is 216 cm³/mol. The maximum atomic E-state index is 14.9. The second-order valence-corrected chi connectivity index (χ2v) is 13.8. The first kappa shape index (κ1) is 40.1. The number of fused-ring (bicyclic) bond motifs is 2. The first-order valence-electron chi connectivity index (χ1n) is 20.2. The number of unbranched alkanes of at least 4 members (excludes halogenated alkanes) is 5.